The minimum atomic E-state index is 0.279. The van der Waals surface area contributed by atoms with Crippen LogP contribution in [-0.2, 0) is 0 Å². The molecule has 0 spiro atoms. The Morgan fingerprint density at radius 2 is 1.74 bits per heavy atom. The molecule has 166 valence electrons. The number of aromatic nitrogens is 2. The van der Waals surface area contributed by atoms with Crippen molar-refractivity contribution in [3.63, 3.8) is 0 Å². The van der Waals surface area contributed by atoms with E-state index in [1.165, 1.54) is 48.9 Å². The van der Waals surface area contributed by atoms with E-state index in [9.17, 15) is 0 Å². The molecule has 2 aromatic rings. The Kier molecular flexibility index (Phi) is 6.80. The number of benzene rings is 1. The van der Waals surface area contributed by atoms with Crippen LogP contribution >= 0.6 is 12.2 Å². The van der Waals surface area contributed by atoms with Gasteiger partial charge in [-0.25, -0.2) is 4.68 Å². The molecule has 0 aliphatic heterocycles. The lowest BCUT2D eigenvalue weighted by atomic mass is 9.95. The fourth-order valence-corrected chi connectivity index (χ4v) is 5.42. The molecule has 0 saturated heterocycles. The van der Waals surface area contributed by atoms with Crippen molar-refractivity contribution in [3.05, 3.63) is 58.9 Å². The molecule has 4 rings (SSSR count). The number of aryl methyl sites for hydroxylation is 1. The Bertz CT molecular complexity index is 935. The van der Waals surface area contributed by atoms with Crippen molar-refractivity contribution in [1.82, 2.24) is 20.4 Å². The van der Waals surface area contributed by atoms with Crippen LogP contribution in [0, 0.1) is 13.8 Å². The van der Waals surface area contributed by atoms with Crippen molar-refractivity contribution in [3.8, 4) is 5.69 Å². The van der Waals surface area contributed by atoms with Gasteiger partial charge in [-0.15, -0.1) is 0 Å². The van der Waals surface area contributed by atoms with Gasteiger partial charge in [-0.2, -0.15) is 5.10 Å². The predicted molar refractivity (Wildman–Crippen MR) is 133 cm³/mol. The van der Waals surface area contributed by atoms with Gasteiger partial charge in [0, 0.05) is 29.3 Å². The van der Waals surface area contributed by atoms with E-state index in [0.29, 0.717) is 17.9 Å². The highest BCUT2D eigenvalue weighted by atomic mass is 32.1. The van der Waals surface area contributed by atoms with E-state index in [2.05, 4.69) is 79.4 Å². The zero-order valence-electron chi connectivity index (χ0n) is 19.3. The zero-order chi connectivity index (χ0) is 22.0. The lowest BCUT2D eigenvalue weighted by Gasteiger charge is -2.25. The van der Waals surface area contributed by atoms with E-state index >= 15 is 0 Å². The number of allylic oxidation sites excluding steroid dienone is 1. The van der Waals surface area contributed by atoms with Crippen molar-refractivity contribution in [2.24, 2.45) is 0 Å². The average molecular weight is 437 g/mol. The Balaban J connectivity index is 1.41. The third kappa shape index (κ3) is 5.03. The third-order valence-electron chi connectivity index (χ3n) is 6.86. The molecule has 1 heterocycles. The van der Waals surface area contributed by atoms with Crippen LogP contribution in [0.1, 0.15) is 86.7 Å². The Morgan fingerprint density at radius 3 is 2.42 bits per heavy atom. The normalized spacial score (nSPS) is 21.6. The van der Waals surface area contributed by atoms with Crippen LogP contribution in [-0.4, -0.2) is 27.0 Å². The summed E-state index contributed by atoms with van der Waals surface area (Å²) in [4.78, 5) is 0. The summed E-state index contributed by atoms with van der Waals surface area (Å²) in [7, 11) is 0. The van der Waals surface area contributed by atoms with Crippen molar-refractivity contribution in [2.75, 3.05) is 0 Å². The molecule has 1 fully saturated rings. The van der Waals surface area contributed by atoms with Gasteiger partial charge in [-0.1, -0.05) is 57.4 Å². The highest BCUT2D eigenvalue weighted by Crippen LogP contribution is 2.34. The fraction of sp³-hybridized carbons (Fsp3) is 0.538. The van der Waals surface area contributed by atoms with E-state index in [1.54, 1.807) is 0 Å². The summed E-state index contributed by atoms with van der Waals surface area (Å²) >= 11 is 5.60. The number of hydrogen-bond acceptors (Lipinski definition) is 2. The molecule has 1 aromatic carbocycles. The first-order chi connectivity index (χ1) is 14.9. The largest absolute Gasteiger partial charge is 0.360 e. The molecule has 31 heavy (non-hydrogen) atoms. The van der Waals surface area contributed by atoms with Crippen molar-refractivity contribution in [1.29, 1.82) is 0 Å². The third-order valence-corrected chi connectivity index (χ3v) is 7.10. The average Bonchev–Trinajstić information content (AvgIpc) is 3.32. The molecule has 4 nitrogen and oxygen atoms in total. The van der Waals surface area contributed by atoms with Crippen molar-refractivity contribution >= 4 is 17.3 Å². The highest BCUT2D eigenvalue weighted by molar-refractivity contribution is 7.80. The molecule has 0 bridgehead atoms. The van der Waals surface area contributed by atoms with Crippen molar-refractivity contribution in [2.45, 2.75) is 90.1 Å². The summed E-state index contributed by atoms with van der Waals surface area (Å²) in [6.07, 6.45) is 12.1. The van der Waals surface area contributed by atoms with Gasteiger partial charge in [0.1, 0.15) is 0 Å². The first kappa shape index (κ1) is 22.1. The maximum Gasteiger partial charge on any atom is 0.166 e. The minimum Gasteiger partial charge on any atom is -0.360 e. The van der Waals surface area contributed by atoms with Gasteiger partial charge in [0.2, 0.25) is 0 Å². The number of rotatable bonds is 5. The maximum atomic E-state index is 5.60. The van der Waals surface area contributed by atoms with E-state index in [4.69, 9.17) is 17.3 Å². The minimum absolute atomic E-state index is 0.279. The molecular formula is C26H36N4S. The van der Waals surface area contributed by atoms with E-state index < -0.39 is 0 Å². The number of hydrogen-bond donors (Lipinski definition) is 2. The highest BCUT2D eigenvalue weighted by Gasteiger charge is 2.27. The first-order valence-corrected chi connectivity index (χ1v) is 12.2. The van der Waals surface area contributed by atoms with E-state index in [1.807, 2.05) is 0 Å². The SMILES string of the molecule is Cc1nn(-c2ccc(C(C)C)cc2)c(C)c1[C@H]1C=C[C@@H](NC(=S)NC2CCCCC2)C1. The molecule has 0 amide bonds. The zero-order valence-corrected chi connectivity index (χ0v) is 20.1. The van der Waals surface area contributed by atoms with E-state index in [-0.39, 0.29) is 6.04 Å². The van der Waals surface area contributed by atoms with E-state index in [0.717, 1.165) is 22.9 Å². The lowest BCUT2D eigenvalue weighted by Crippen LogP contribution is -2.45. The van der Waals surface area contributed by atoms with Crippen molar-refractivity contribution < 1.29 is 0 Å². The van der Waals surface area contributed by atoms with Gasteiger partial charge in [-0.3, -0.25) is 0 Å². The van der Waals surface area contributed by atoms with Gasteiger partial charge < -0.3 is 10.6 Å². The van der Waals surface area contributed by atoms with Crippen LogP contribution in [0.25, 0.3) is 5.69 Å². The molecule has 2 N–H and O–H groups in total. The number of nitrogens with zero attached hydrogens (tertiary/aromatic N) is 2. The first-order valence-electron chi connectivity index (χ1n) is 11.8. The number of thiocarbonyl (C=S) groups is 1. The summed E-state index contributed by atoms with van der Waals surface area (Å²) in [6.45, 7) is 8.77. The standard InChI is InChI=1S/C26H36N4S/c1-17(2)20-11-14-24(15-12-20)30-19(4)25(18(3)29-30)21-10-13-23(16-21)28-26(31)27-22-8-6-5-7-9-22/h10-15,17,21-23H,5-9,16H2,1-4H3,(H2,27,28,31)/t21-,23+/m0/s1. The molecule has 2 aliphatic rings. The predicted octanol–water partition coefficient (Wildman–Crippen LogP) is 5.82. The van der Waals surface area contributed by atoms with Crippen LogP contribution in [0.3, 0.4) is 0 Å². The summed E-state index contributed by atoms with van der Waals surface area (Å²) in [6, 6.07) is 9.61. The van der Waals surface area contributed by atoms with Crippen LogP contribution in [0.4, 0.5) is 0 Å². The Morgan fingerprint density at radius 1 is 1.03 bits per heavy atom. The molecule has 5 heteroatoms. The second kappa shape index (κ2) is 9.56. The Labute approximate surface area is 192 Å². The topological polar surface area (TPSA) is 41.9 Å². The fourth-order valence-electron chi connectivity index (χ4n) is 5.11. The van der Waals surface area contributed by atoms with Gasteiger partial charge in [0.25, 0.3) is 0 Å². The lowest BCUT2D eigenvalue weighted by molar-refractivity contribution is 0.411. The molecule has 0 radical (unpaired) electrons. The second-order valence-electron chi connectivity index (χ2n) is 9.53. The molecule has 2 atom stereocenters. The van der Waals surface area contributed by atoms with Crippen LogP contribution in [0.5, 0.6) is 0 Å². The Hall–Kier alpha value is -2.14. The van der Waals surface area contributed by atoms with Crippen LogP contribution in [0.15, 0.2) is 36.4 Å². The van der Waals surface area contributed by atoms with Gasteiger partial charge in [0.15, 0.2) is 5.11 Å². The molecule has 1 aromatic heterocycles. The summed E-state index contributed by atoms with van der Waals surface area (Å²) in [5, 5.41) is 12.7. The number of nitrogens with one attached hydrogen (secondary N) is 2. The molecular weight excluding hydrogens is 400 g/mol. The molecule has 2 aliphatic carbocycles. The monoisotopic (exact) mass is 436 g/mol. The van der Waals surface area contributed by atoms with Gasteiger partial charge >= 0.3 is 0 Å². The van der Waals surface area contributed by atoms with Gasteiger partial charge in [0.05, 0.1) is 11.4 Å². The summed E-state index contributed by atoms with van der Waals surface area (Å²) in [5.41, 5.74) is 6.18. The summed E-state index contributed by atoms with van der Waals surface area (Å²) in [5.74, 6) is 0.912. The van der Waals surface area contributed by atoms with Crippen LogP contribution in [0.2, 0.25) is 0 Å². The summed E-state index contributed by atoms with van der Waals surface area (Å²) < 4.78 is 2.10. The molecule has 0 unspecified atom stereocenters. The van der Waals surface area contributed by atoms with Crippen LogP contribution < -0.4 is 10.6 Å². The smallest absolute Gasteiger partial charge is 0.166 e. The quantitative estimate of drug-likeness (QED) is 0.458. The molecule has 1 saturated carbocycles. The maximum absolute atomic E-state index is 5.60. The van der Waals surface area contributed by atoms with Gasteiger partial charge in [-0.05, 0) is 68.9 Å². The second-order valence-corrected chi connectivity index (χ2v) is 9.94.